The summed E-state index contributed by atoms with van der Waals surface area (Å²) in [5.74, 6) is 0. The Bertz CT molecular complexity index is 2890. The molecule has 2 aliphatic carbocycles. The molecule has 9 aromatic carbocycles. The number of rotatable bonds is 3. The van der Waals surface area contributed by atoms with Crippen LogP contribution >= 0.6 is 0 Å². The fourth-order valence-corrected chi connectivity index (χ4v) is 9.74. The molecule has 0 N–H and O–H groups in total. The summed E-state index contributed by atoms with van der Waals surface area (Å²) in [4.78, 5) is 2.41. The number of benzene rings is 9. The van der Waals surface area contributed by atoms with Crippen LogP contribution < -0.4 is 4.90 Å². The lowest BCUT2D eigenvalue weighted by Gasteiger charge is -2.32. The van der Waals surface area contributed by atoms with Gasteiger partial charge in [0.25, 0.3) is 0 Å². The number of para-hydroxylation sites is 1. The summed E-state index contributed by atoms with van der Waals surface area (Å²) in [6.07, 6.45) is 0. The Balaban J connectivity index is 1.27. The molecule has 2 aliphatic rings. The zero-order chi connectivity index (χ0) is 34.6. The molecule has 1 nitrogen and oxygen atoms in total. The van der Waals surface area contributed by atoms with Gasteiger partial charge in [-0.05, 0) is 139 Å². The van der Waals surface area contributed by atoms with Crippen LogP contribution in [-0.4, -0.2) is 0 Å². The van der Waals surface area contributed by atoms with Crippen LogP contribution in [-0.2, 0) is 5.41 Å². The van der Waals surface area contributed by atoms with Gasteiger partial charge in [-0.15, -0.1) is 0 Å². The van der Waals surface area contributed by atoms with E-state index in [0.717, 1.165) is 11.4 Å². The molecule has 0 saturated heterocycles. The Kier molecular flexibility index (Phi) is 6.08. The third-order valence-electron chi connectivity index (χ3n) is 11.8. The highest BCUT2D eigenvalue weighted by molar-refractivity contribution is 6.20. The van der Waals surface area contributed by atoms with E-state index in [4.69, 9.17) is 0 Å². The molecule has 52 heavy (non-hydrogen) atoms. The molecular formula is C51H35N. The molecule has 0 radical (unpaired) electrons. The van der Waals surface area contributed by atoms with Gasteiger partial charge in [0.1, 0.15) is 0 Å². The molecule has 0 unspecified atom stereocenters. The lowest BCUT2D eigenvalue weighted by molar-refractivity contribution is 0.803. The van der Waals surface area contributed by atoms with Crippen LogP contribution in [0.25, 0.3) is 54.6 Å². The molecule has 0 saturated carbocycles. The number of aryl methyl sites for hydroxylation is 2. The van der Waals surface area contributed by atoms with E-state index in [1.165, 1.54) is 93.6 Å². The van der Waals surface area contributed by atoms with Crippen LogP contribution in [0.2, 0.25) is 0 Å². The van der Waals surface area contributed by atoms with Crippen LogP contribution in [0.5, 0.6) is 0 Å². The second-order valence-electron chi connectivity index (χ2n) is 14.6. The number of nitrogens with zero attached hydrogens (tertiary/aromatic N) is 1. The van der Waals surface area contributed by atoms with E-state index >= 15 is 0 Å². The summed E-state index contributed by atoms with van der Waals surface area (Å²) in [6.45, 7) is 4.39. The highest BCUT2D eigenvalue weighted by Crippen LogP contribution is 2.65. The Labute approximate surface area is 304 Å². The van der Waals surface area contributed by atoms with Gasteiger partial charge in [0, 0.05) is 17.1 Å². The van der Waals surface area contributed by atoms with Gasteiger partial charge in [-0.1, -0.05) is 139 Å². The van der Waals surface area contributed by atoms with Gasteiger partial charge in [-0.3, -0.25) is 0 Å². The Morgan fingerprint density at radius 3 is 1.73 bits per heavy atom. The van der Waals surface area contributed by atoms with Crippen LogP contribution in [0, 0.1) is 13.8 Å². The van der Waals surface area contributed by atoms with Crippen molar-refractivity contribution in [2.45, 2.75) is 19.3 Å². The number of anilines is 3. The van der Waals surface area contributed by atoms with Crippen molar-refractivity contribution < 1.29 is 0 Å². The van der Waals surface area contributed by atoms with E-state index in [0.29, 0.717) is 0 Å². The first-order chi connectivity index (χ1) is 25.6. The van der Waals surface area contributed by atoms with Crippen molar-refractivity contribution in [1.29, 1.82) is 0 Å². The topological polar surface area (TPSA) is 3.24 Å². The first kappa shape index (κ1) is 29.3. The summed E-state index contributed by atoms with van der Waals surface area (Å²) >= 11 is 0. The van der Waals surface area contributed by atoms with E-state index in [2.05, 4.69) is 195 Å². The van der Waals surface area contributed by atoms with E-state index in [-0.39, 0.29) is 0 Å². The van der Waals surface area contributed by atoms with Gasteiger partial charge in [0.15, 0.2) is 0 Å². The molecule has 0 aromatic heterocycles. The normalized spacial score (nSPS) is 13.3. The van der Waals surface area contributed by atoms with E-state index < -0.39 is 5.41 Å². The Morgan fingerprint density at radius 2 is 1.02 bits per heavy atom. The number of fused-ring (bicyclic) bond motifs is 16. The van der Waals surface area contributed by atoms with Gasteiger partial charge in [0.05, 0.1) is 5.41 Å². The molecule has 244 valence electrons. The van der Waals surface area contributed by atoms with Crippen molar-refractivity contribution in [1.82, 2.24) is 0 Å². The highest BCUT2D eigenvalue weighted by Gasteiger charge is 2.53. The van der Waals surface area contributed by atoms with Crippen molar-refractivity contribution in [2.75, 3.05) is 4.90 Å². The lowest BCUT2D eigenvalue weighted by Crippen LogP contribution is -2.26. The standard InChI is InChI=1S/C51H35N/c1-32-24-27-48(33(2)28-32)52(36-14-4-3-5-15-36)37-26-25-34-30-44-47(31-35(34)29-37)51(45-22-12-10-18-40(45)41-19-11-13-23-46(41)51)50-43-21-9-7-17-39(43)38-16-6-8-20-42(38)49(44)50/h3-31H,1-2H3. The molecular weight excluding hydrogens is 627 g/mol. The largest absolute Gasteiger partial charge is 0.310 e. The SMILES string of the molecule is Cc1ccc(N(c2ccccc2)c2ccc3cc4c(cc3c2)C2(c3ccccc3-c3ccccc32)c2c-4c3ccccc3c3ccccc23)c(C)c1. The van der Waals surface area contributed by atoms with Gasteiger partial charge in [0.2, 0.25) is 0 Å². The van der Waals surface area contributed by atoms with Crippen molar-refractivity contribution in [2.24, 2.45) is 0 Å². The highest BCUT2D eigenvalue weighted by atomic mass is 15.1. The van der Waals surface area contributed by atoms with Gasteiger partial charge >= 0.3 is 0 Å². The molecule has 0 heterocycles. The van der Waals surface area contributed by atoms with E-state index in [1.54, 1.807) is 0 Å². The third-order valence-corrected chi connectivity index (χ3v) is 11.8. The maximum atomic E-state index is 2.53. The molecule has 1 heteroatoms. The first-order valence-electron chi connectivity index (χ1n) is 18.3. The second-order valence-corrected chi connectivity index (χ2v) is 14.6. The van der Waals surface area contributed by atoms with Gasteiger partial charge in [-0.2, -0.15) is 0 Å². The van der Waals surface area contributed by atoms with Crippen LogP contribution in [0.15, 0.2) is 176 Å². The molecule has 1 spiro atoms. The van der Waals surface area contributed by atoms with Crippen molar-refractivity contribution in [3.63, 3.8) is 0 Å². The number of hydrogen-bond donors (Lipinski definition) is 0. The Hall–Kier alpha value is -6.44. The fourth-order valence-electron chi connectivity index (χ4n) is 9.74. The van der Waals surface area contributed by atoms with E-state index in [1.807, 2.05) is 0 Å². The summed E-state index contributed by atoms with van der Waals surface area (Å²) in [5, 5.41) is 7.75. The molecule has 0 amide bonds. The third kappa shape index (κ3) is 3.83. The maximum Gasteiger partial charge on any atom is 0.0731 e. The monoisotopic (exact) mass is 661 g/mol. The molecule has 11 rings (SSSR count). The molecule has 0 atom stereocenters. The predicted octanol–water partition coefficient (Wildman–Crippen LogP) is 13.6. The lowest BCUT2D eigenvalue weighted by atomic mass is 9.69. The smallest absolute Gasteiger partial charge is 0.0731 e. The Morgan fingerprint density at radius 1 is 0.404 bits per heavy atom. The molecule has 0 bridgehead atoms. The second kappa shape index (κ2) is 10.8. The first-order valence-corrected chi connectivity index (χ1v) is 18.3. The average molecular weight is 662 g/mol. The molecule has 0 fully saturated rings. The zero-order valence-corrected chi connectivity index (χ0v) is 29.2. The maximum absolute atomic E-state index is 2.53. The predicted molar refractivity (Wildman–Crippen MR) is 219 cm³/mol. The number of hydrogen-bond acceptors (Lipinski definition) is 1. The minimum atomic E-state index is -0.460. The molecule has 9 aromatic rings. The van der Waals surface area contributed by atoms with Crippen LogP contribution in [0.3, 0.4) is 0 Å². The van der Waals surface area contributed by atoms with Crippen molar-refractivity contribution in [3.05, 3.63) is 209 Å². The fraction of sp³-hybridized carbons (Fsp3) is 0.0588. The summed E-state index contributed by atoms with van der Waals surface area (Å²) in [7, 11) is 0. The summed E-state index contributed by atoms with van der Waals surface area (Å²) in [5.41, 5.74) is 16.4. The average Bonchev–Trinajstić information content (AvgIpc) is 3.66. The molecule has 0 aliphatic heterocycles. The van der Waals surface area contributed by atoms with Crippen molar-refractivity contribution >= 4 is 49.4 Å². The summed E-state index contributed by atoms with van der Waals surface area (Å²) < 4.78 is 0. The minimum Gasteiger partial charge on any atom is -0.310 e. The minimum absolute atomic E-state index is 0.460. The van der Waals surface area contributed by atoms with Crippen LogP contribution in [0.4, 0.5) is 17.1 Å². The van der Waals surface area contributed by atoms with Crippen LogP contribution in [0.1, 0.15) is 33.4 Å². The van der Waals surface area contributed by atoms with Crippen molar-refractivity contribution in [3.8, 4) is 22.3 Å². The van der Waals surface area contributed by atoms with Gasteiger partial charge in [-0.25, -0.2) is 0 Å². The quantitative estimate of drug-likeness (QED) is 0.170. The van der Waals surface area contributed by atoms with Gasteiger partial charge < -0.3 is 4.90 Å². The van der Waals surface area contributed by atoms with E-state index in [9.17, 15) is 0 Å². The zero-order valence-electron chi connectivity index (χ0n) is 29.2. The summed E-state index contributed by atoms with van der Waals surface area (Å²) in [6, 6.07) is 66.0.